The van der Waals surface area contributed by atoms with E-state index < -0.39 is 0 Å². The molecule has 1 fully saturated rings. The van der Waals surface area contributed by atoms with Crippen LogP contribution in [0.4, 0.5) is 4.39 Å². The van der Waals surface area contributed by atoms with Crippen LogP contribution in [0.1, 0.15) is 18.4 Å². The standard InChI is InChI=1S/C12H14FNO/c1-14(11-5-6-11)12(15)8-9-3-2-4-10(13)7-9/h2-4,7,11H,5-6,8H2,1H3. The fourth-order valence-corrected chi connectivity index (χ4v) is 1.61. The average Bonchev–Trinajstić information content (AvgIpc) is 2.99. The van der Waals surface area contributed by atoms with E-state index >= 15 is 0 Å². The maximum Gasteiger partial charge on any atom is 0.226 e. The molecule has 0 aliphatic heterocycles. The van der Waals surface area contributed by atoms with Crippen molar-refractivity contribution < 1.29 is 9.18 Å². The van der Waals surface area contributed by atoms with Crippen molar-refractivity contribution in [2.24, 2.45) is 0 Å². The summed E-state index contributed by atoms with van der Waals surface area (Å²) in [7, 11) is 1.82. The first-order valence-electron chi connectivity index (χ1n) is 5.17. The smallest absolute Gasteiger partial charge is 0.226 e. The Bertz CT molecular complexity index is 374. The SMILES string of the molecule is CN(C(=O)Cc1cccc(F)c1)C1CC1. The Labute approximate surface area is 88.7 Å². The lowest BCUT2D eigenvalue weighted by molar-refractivity contribution is -0.129. The summed E-state index contributed by atoms with van der Waals surface area (Å²) in [6, 6.07) is 6.64. The van der Waals surface area contributed by atoms with Gasteiger partial charge in [-0.05, 0) is 30.5 Å². The molecule has 0 saturated heterocycles. The molecule has 15 heavy (non-hydrogen) atoms. The largest absolute Gasteiger partial charge is 0.342 e. The molecule has 2 nitrogen and oxygen atoms in total. The Morgan fingerprint density at radius 2 is 2.27 bits per heavy atom. The number of likely N-dealkylation sites (N-methyl/N-ethyl adjacent to an activating group) is 1. The van der Waals surface area contributed by atoms with E-state index in [1.165, 1.54) is 12.1 Å². The maximum absolute atomic E-state index is 12.9. The van der Waals surface area contributed by atoms with Crippen LogP contribution in [0.25, 0.3) is 0 Å². The number of nitrogens with zero attached hydrogens (tertiary/aromatic N) is 1. The minimum atomic E-state index is -0.283. The van der Waals surface area contributed by atoms with Crippen LogP contribution >= 0.6 is 0 Å². The van der Waals surface area contributed by atoms with Gasteiger partial charge in [0.1, 0.15) is 5.82 Å². The summed E-state index contributed by atoms with van der Waals surface area (Å²) >= 11 is 0. The number of benzene rings is 1. The molecule has 0 spiro atoms. The predicted octanol–water partition coefficient (Wildman–Crippen LogP) is 1.99. The number of hydrogen-bond donors (Lipinski definition) is 0. The Balaban J connectivity index is 1.98. The van der Waals surface area contributed by atoms with Crippen molar-refractivity contribution >= 4 is 5.91 Å². The van der Waals surface area contributed by atoms with E-state index in [9.17, 15) is 9.18 Å². The molecule has 1 aromatic rings. The first-order chi connectivity index (χ1) is 7.16. The summed E-state index contributed by atoms with van der Waals surface area (Å²) in [6.07, 6.45) is 2.50. The van der Waals surface area contributed by atoms with Crippen LogP contribution in [0.15, 0.2) is 24.3 Å². The second-order valence-electron chi connectivity index (χ2n) is 4.04. The third-order valence-electron chi connectivity index (χ3n) is 2.73. The van der Waals surface area contributed by atoms with Gasteiger partial charge in [0.25, 0.3) is 0 Å². The fraction of sp³-hybridized carbons (Fsp3) is 0.417. The number of carbonyl (C=O) groups is 1. The lowest BCUT2D eigenvalue weighted by Crippen LogP contribution is -2.30. The van der Waals surface area contributed by atoms with Gasteiger partial charge in [-0.15, -0.1) is 0 Å². The number of carbonyl (C=O) groups excluding carboxylic acids is 1. The van der Waals surface area contributed by atoms with Gasteiger partial charge in [0.15, 0.2) is 0 Å². The molecule has 0 unspecified atom stereocenters. The van der Waals surface area contributed by atoms with E-state index in [1.807, 2.05) is 7.05 Å². The number of amides is 1. The predicted molar refractivity (Wildman–Crippen MR) is 55.9 cm³/mol. The van der Waals surface area contributed by atoms with Crippen LogP contribution in [0.5, 0.6) is 0 Å². The van der Waals surface area contributed by atoms with Gasteiger partial charge in [0.2, 0.25) is 5.91 Å². The van der Waals surface area contributed by atoms with Crippen LogP contribution in [0.2, 0.25) is 0 Å². The average molecular weight is 207 g/mol. The Kier molecular flexibility index (Phi) is 2.71. The molecule has 0 bridgehead atoms. The number of hydrogen-bond acceptors (Lipinski definition) is 1. The quantitative estimate of drug-likeness (QED) is 0.742. The molecular weight excluding hydrogens is 193 g/mol. The summed E-state index contributed by atoms with van der Waals surface area (Å²) in [5.41, 5.74) is 0.743. The van der Waals surface area contributed by atoms with Crippen LogP contribution in [-0.4, -0.2) is 23.9 Å². The van der Waals surface area contributed by atoms with Crippen LogP contribution < -0.4 is 0 Å². The molecule has 3 heteroatoms. The van der Waals surface area contributed by atoms with Gasteiger partial charge in [-0.25, -0.2) is 4.39 Å². The maximum atomic E-state index is 12.9. The minimum Gasteiger partial charge on any atom is -0.342 e. The summed E-state index contributed by atoms with van der Waals surface area (Å²) < 4.78 is 12.9. The van der Waals surface area contributed by atoms with E-state index in [4.69, 9.17) is 0 Å². The molecular formula is C12H14FNO. The van der Waals surface area contributed by atoms with Crippen molar-refractivity contribution in [2.45, 2.75) is 25.3 Å². The van der Waals surface area contributed by atoms with Gasteiger partial charge in [-0.1, -0.05) is 12.1 Å². The van der Waals surface area contributed by atoms with Crippen molar-refractivity contribution in [3.05, 3.63) is 35.6 Å². The molecule has 1 amide bonds. The summed E-state index contributed by atoms with van der Waals surface area (Å²) in [4.78, 5) is 13.5. The third-order valence-corrected chi connectivity index (χ3v) is 2.73. The van der Waals surface area contributed by atoms with Crippen LogP contribution in [0, 0.1) is 5.82 Å². The molecule has 0 heterocycles. The second-order valence-corrected chi connectivity index (χ2v) is 4.04. The highest BCUT2D eigenvalue weighted by molar-refractivity contribution is 5.79. The van der Waals surface area contributed by atoms with Crippen LogP contribution in [-0.2, 0) is 11.2 Å². The summed E-state index contributed by atoms with van der Waals surface area (Å²) in [5, 5.41) is 0. The molecule has 0 radical (unpaired) electrons. The number of halogens is 1. The normalized spacial score (nSPS) is 15.1. The first kappa shape index (κ1) is 10.1. The number of rotatable bonds is 3. The van der Waals surface area contributed by atoms with Crippen molar-refractivity contribution in [3.8, 4) is 0 Å². The lowest BCUT2D eigenvalue weighted by Gasteiger charge is -2.15. The minimum absolute atomic E-state index is 0.0723. The Morgan fingerprint density at radius 1 is 1.53 bits per heavy atom. The molecule has 2 rings (SSSR count). The van der Waals surface area contributed by atoms with Crippen LogP contribution in [0.3, 0.4) is 0 Å². The van der Waals surface area contributed by atoms with Gasteiger partial charge in [0.05, 0.1) is 6.42 Å². The molecule has 0 aromatic heterocycles. The second kappa shape index (κ2) is 4.01. The van der Waals surface area contributed by atoms with E-state index in [0.29, 0.717) is 12.5 Å². The molecule has 80 valence electrons. The monoisotopic (exact) mass is 207 g/mol. The zero-order valence-electron chi connectivity index (χ0n) is 8.74. The fourth-order valence-electron chi connectivity index (χ4n) is 1.61. The van der Waals surface area contributed by atoms with E-state index in [-0.39, 0.29) is 11.7 Å². The molecule has 1 saturated carbocycles. The molecule has 1 aliphatic carbocycles. The van der Waals surface area contributed by atoms with Crippen molar-refractivity contribution in [3.63, 3.8) is 0 Å². The van der Waals surface area contributed by atoms with Gasteiger partial charge in [-0.3, -0.25) is 4.79 Å². The first-order valence-corrected chi connectivity index (χ1v) is 5.17. The van der Waals surface area contributed by atoms with E-state index in [2.05, 4.69) is 0 Å². The highest BCUT2D eigenvalue weighted by Crippen LogP contribution is 2.25. The summed E-state index contributed by atoms with van der Waals surface area (Å²) in [6.45, 7) is 0. The third kappa shape index (κ3) is 2.55. The molecule has 0 N–H and O–H groups in total. The highest BCUT2D eigenvalue weighted by atomic mass is 19.1. The lowest BCUT2D eigenvalue weighted by atomic mass is 10.1. The van der Waals surface area contributed by atoms with Gasteiger partial charge >= 0.3 is 0 Å². The summed E-state index contributed by atoms with van der Waals surface area (Å²) in [5.74, 6) is -0.211. The zero-order valence-corrected chi connectivity index (χ0v) is 8.74. The van der Waals surface area contributed by atoms with Crippen molar-refractivity contribution in [1.82, 2.24) is 4.90 Å². The van der Waals surface area contributed by atoms with Gasteiger partial charge < -0.3 is 4.90 Å². The molecule has 1 aliphatic rings. The highest BCUT2D eigenvalue weighted by Gasteiger charge is 2.29. The molecule has 0 atom stereocenters. The Hall–Kier alpha value is -1.38. The Morgan fingerprint density at radius 3 is 2.87 bits per heavy atom. The zero-order chi connectivity index (χ0) is 10.8. The van der Waals surface area contributed by atoms with Gasteiger partial charge in [-0.2, -0.15) is 0 Å². The molecule has 1 aromatic carbocycles. The topological polar surface area (TPSA) is 20.3 Å². The van der Waals surface area contributed by atoms with Gasteiger partial charge in [0, 0.05) is 13.1 Å². The van der Waals surface area contributed by atoms with E-state index in [0.717, 1.165) is 18.4 Å². The van der Waals surface area contributed by atoms with Crippen molar-refractivity contribution in [1.29, 1.82) is 0 Å². The van der Waals surface area contributed by atoms with Crippen molar-refractivity contribution in [2.75, 3.05) is 7.05 Å². The van der Waals surface area contributed by atoms with E-state index in [1.54, 1.807) is 17.0 Å².